The van der Waals surface area contributed by atoms with Crippen molar-refractivity contribution >= 4 is 15.9 Å². The lowest BCUT2D eigenvalue weighted by Crippen LogP contribution is -2.11. The predicted molar refractivity (Wildman–Crippen MR) is 57.8 cm³/mol. The van der Waals surface area contributed by atoms with Gasteiger partial charge in [-0.25, -0.2) is 0 Å². The molecule has 0 saturated carbocycles. The summed E-state index contributed by atoms with van der Waals surface area (Å²) in [5.74, 6) is 0.680. The number of halogens is 1. The number of alkyl halides is 1. The van der Waals surface area contributed by atoms with Crippen LogP contribution in [0.15, 0.2) is 12.7 Å². The van der Waals surface area contributed by atoms with Gasteiger partial charge >= 0.3 is 0 Å². The van der Waals surface area contributed by atoms with E-state index < -0.39 is 0 Å². The molecule has 0 aliphatic rings. The summed E-state index contributed by atoms with van der Waals surface area (Å²) in [5, 5.41) is 1.05. The van der Waals surface area contributed by atoms with Gasteiger partial charge in [-0.05, 0) is 18.8 Å². The topological polar surface area (TPSA) is 9.23 Å². The quantitative estimate of drug-likeness (QED) is 0.356. The molecule has 0 amide bonds. The monoisotopic (exact) mass is 234 g/mol. The lowest BCUT2D eigenvalue weighted by atomic mass is 10.1. The average Bonchev–Trinajstić information content (AvgIpc) is 2.10. The highest BCUT2D eigenvalue weighted by molar-refractivity contribution is 9.09. The molecule has 0 fully saturated rings. The average molecular weight is 235 g/mol. The Kier molecular flexibility index (Phi) is 9.41. The Balaban J connectivity index is 3.24. The summed E-state index contributed by atoms with van der Waals surface area (Å²) in [6.45, 7) is 7.55. The van der Waals surface area contributed by atoms with Gasteiger partial charge in [0.15, 0.2) is 0 Å². The van der Waals surface area contributed by atoms with Crippen LogP contribution in [0.2, 0.25) is 0 Å². The molecule has 1 unspecified atom stereocenters. The van der Waals surface area contributed by atoms with Crippen LogP contribution < -0.4 is 0 Å². The van der Waals surface area contributed by atoms with Crippen molar-refractivity contribution in [3.8, 4) is 0 Å². The summed E-state index contributed by atoms with van der Waals surface area (Å²) in [7, 11) is 0. The van der Waals surface area contributed by atoms with Gasteiger partial charge in [0, 0.05) is 5.33 Å². The Morgan fingerprint density at radius 3 is 2.83 bits per heavy atom. The zero-order valence-electron chi connectivity index (χ0n) is 7.89. The van der Waals surface area contributed by atoms with Gasteiger partial charge in [-0.1, -0.05) is 35.4 Å². The summed E-state index contributed by atoms with van der Waals surface area (Å²) in [6.07, 6.45) is 5.34. The van der Waals surface area contributed by atoms with E-state index in [1.807, 2.05) is 6.08 Å². The minimum atomic E-state index is 0.680. The van der Waals surface area contributed by atoms with E-state index in [-0.39, 0.29) is 0 Å². The molecule has 0 N–H and O–H groups in total. The van der Waals surface area contributed by atoms with Crippen molar-refractivity contribution in [1.29, 1.82) is 0 Å². The van der Waals surface area contributed by atoms with Crippen LogP contribution in [0.25, 0.3) is 0 Å². The zero-order valence-corrected chi connectivity index (χ0v) is 9.48. The second-order valence-electron chi connectivity index (χ2n) is 2.96. The predicted octanol–water partition coefficient (Wildman–Crippen LogP) is 3.39. The van der Waals surface area contributed by atoms with E-state index in [9.17, 15) is 0 Å². The van der Waals surface area contributed by atoms with Gasteiger partial charge in [0.2, 0.25) is 0 Å². The van der Waals surface area contributed by atoms with E-state index in [4.69, 9.17) is 4.74 Å². The molecule has 0 aromatic carbocycles. The minimum absolute atomic E-state index is 0.680. The number of rotatable bonds is 8. The molecule has 0 radical (unpaired) electrons. The van der Waals surface area contributed by atoms with Gasteiger partial charge < -0.3 is 4.74 Å². The fourth-order valence-electron chi connectivity index (χ4n) is 1.03. The first kappa shape index (κ1) is 12.2. The van der Waals surface area contributed by atoms with E-state index in [2.05, 4.69) is 29.4 Å². The molecular formula is C10H19BrO. The van der Waals surface area contributed by atoms with Crippen molar-refractivity contribution in [2.24, 2.45) is 5.92 Å². The van der Waals surface area contributed by atoms with Crippen LogP contribution in [0.3, 0.4) is 0 Å². The molecule has 0 aliphatic heterocycles. The Labute approximate surface area is 84.3 Å². The number of hydrogen-bond acceptors (Lipinski definition) is 1. The SMILES string of the molecule is C=CCCOCC(CBr)CCC. The van der Waals surface area contributed by atoms with Gasteiger partial charge in [-0.3, -0.25) is 0 Å². The van der Waals surface area contributed by atoms with Crippen LogP contribution in [0, 0.1) is 5.92 Å². The highest BCUT2D eigenvalue weighted by Gasteiger charge is 2.04. The van der Waals surface area contributed by atoms with Gasteiger partial charge in [0.25, 0.3) is 0 Å². The van der Waals surface area contributed by atoms with Gasteiger partial charge in [0.05, 0.1) is 13.2 Å². The van der Waals surface area contributed by atoms with Crippen molar-refractivity contribution in [3.63, 3.8) is 0 Å². The number of ether oxygens (including phenoxy) is 1. The maximum atomic E-state index is 5.48. The summed E-state index contributed by atoms with van der Waals surface area (Å²) in [6, 6.07) is 0. The molecule has 0 bridgehead atoms. The van der Waals surface area contributed by atoms with Gasteiger partial charge in [0.1, 0.15) is 0 Å². The van der Waals surface area contributed by atoms with E-state index >= 15 is 0 Å². The first-order valence-electron chi connectivity index (χ1n) is 4.59. The van der Waals surface area contributed by atoms with Crippen molar-refractivity contribution in [1.82, 2.24) is 0 Å². The highest BCUT2D eigenvalue weighted by atomic mass is 79.9. The van der Waals surface area contributed by atoms with Crippen LogP contribution in [0.5, 0.6) is 0 Å². The fourth-order valence-corrected chi connectivity index (χ4v) is 1.54. The number of hydrogen-bond donors (Lipinski definition) is 0. The Bertz CT molecular complexity index is 104. The van der Waals surface area contributed by atoms with Crippen LogP contribution >= 0.6 is 15.9 Å². The van der Waals surface area contributed by atoms with Crippen molar-refractivity contribution < 1.29 is 4.74 Å². The van der Waals surface area contributed by atoms with Crippen LogP contribution in [0.4, 0.5) is 0 Å². The fraction of sp³-hybridized carbons (Fsp3) is 0.800. The normalized spacial score (nSPS) is 12.8. The minimum Gasteiger partial charge on any atom is -0.381 e. The zero-order chi connectivity index (χ0) is 9.23. The summed E-state index contributed by atoms with van der Waals surface area (Å²) in [4.78, 5) is 0. The molecule has 0 rings (SSSR count). The van der Waals surface area contributed by atoms with Crippen LogP contribution in [0.1, 0.15) is 26.2 Å². The van der Waals surface area contributed by atoms with Crippen LogP contribution in [-0.2, 0) is 4.74 Å². The Morgan fingerprint density at radius 1 is 1.58 bits per heavy atom. The van der Waals surface area contributed by atoms with Crippen molar-refractivity contribution in [2.75, 3.05) is 18.5 Å². The molecule has 0 aliphatic carbocycles. The second kappa shape index (κ2) is 9.27. The van der Waals surface area contributed by atoms with E-state index in [0.717, 1.165) is 25.0 Å². The molecule has 72 valence electrons. The van der Waals surface area contributed by atoms with Crippen LogP contribution in [-0.4, -0.2) is 18.5 Å². The molecule has 0 saturated heterocycles. The summed E-state index contributed by atoms with van der Waals surface area (Å²) < 4.78 is 5.48. The first-order valence-corrected chi connectivity index (χ1v) is 5.71. The third-order valence-electron chi connectivity index (χ3n) is 1.74. The lowest BCUT2D eigenvalue weighted by molar-refractivity contribution is 0.107. The van der Waals surface area contributed by atoms with E-state index in [0.29, 0.717) is 5.92 Å². The van der Waals surface area contributed by atoms with Crippen molar-refractivity contribution in [3.05, 3.63) is 12.7 Å². The van der Waals surface area contributed by atoms with Gasteiger partial charge in [-0.2, -0.15) is 0 Å². The standard InChI is InChI=1S/C10H19BrO/c1-3-5-7-12-9-10(8-11)6-4-2/h3,10H,1,4-9H2,2H3. The third kappa shape index (κ3) is 6.86. The molecule has 2 heteroatoms. The summed E-state index contributed by atoms with van der Waals surface area (Å²) in [5.41, 5.74) is 0. The summed E-state index contributed by atoms with van der Waals surface area (Å²) >= 11 is 3.49. The smallest absolute Gasteiger partial charge is 0.0502 e. The lowest BCUT2D eigenvalue weighted by Gasteiger charge is -2.12. The highest BCUT2D eigenvalue weighted by Crippen LogP contribution is 2.09. The first-order chi connectivity index (χ1) is 5.85. The molecule has 1 nitrogen and oxygen atoms in total. The molecule has 0 spiro atoms. The largest absolute Gasteiger partial charge is 0.381 e. The molecule has 0 aromatic rings. The molecular weight excluding hydrogens is 216 g/mol. The molecule has 1 atom stereocenters. The maximum absolute atomic E-state index is 5.48. The van der Waals surface area contributed by atoms with E-state index in [1.54, 1.807) is 0 Å². The molecule has 0 aromatic heterocycles. The second-order valence-corrected chi connectivity index (χ2v) is 3.61. The Morgan fingerprint density at radius 2 is 2.33 bits per heavy atom. The van der Waals surface area contributed by atoms with Crippen molar-refractivity contribution in [2.45, 2.75) is 26.2 Å². The van der Waals surface area contributed by atoms with Gasteiger partial charge in [-0.15, -0.1) is 6.58 Å². The molecule has 12 heavy (non-hydrogen) atoms. The maximum Gasteiger partial charge on any atom is 0.0502 e. The third-order valence-corrected chi connectivity index (χ3v) is 2.65. The molecule has 0 heterocycles. The Hall–Kier alpha value is 0.180. The van der Waals surface area contributed by atoms with E-state index in [1.165, 1.54) is 12.8 Å².